The van der Waals surface area contributed by atoms with Crippen LogP contribution in [0.2, 0.25) is 0 Å². The van der Waals surface area contributed by atoms with E-state index in [0.717, 1.165) is 19.5 Å². The molecule has 4 nitrogen and oxygen atoms in total. The van der Waals surface area contributed by atoms with Crippen molar-refractivity contribution >= 4 is 5.91 Å². The quantitative estimate of drug-likeness (QED) is 0.780. The monoisotopic (exact) mass is 234 g/mol. The van der Waals surface area contributed by atoms with Crippen LogP contribution in [0.15, 0.2) is 24.3 Å². The van der Waals surface area contributed by atoms with Crippen LogP contribution in [0.3, 0.4) is 0 Å². The molecule has 0 atom stereocenters. The van der Waals surface area contributed by atoms with E-state index in [0.29, 0.717) is 13.1 Å². The Hall–Kier alpha value is -1.39. The molecule has 0 aliphatic carbocycles. The van der Waals surface area contributed by atoms with Gasteiger partial charge in [0.15, 0.2) is 0 Å². The minimum absolute atomic E-state index is 0.00538. The molecule has 1 aromatic carbocycles. The Morgan fingerprint density at radius 1 is 1.35 bits per heavy atom. The molecule has 0 unspecified atom stereocenters. The first kappa shape index (κ1) is 12.1. The highest BCUT2D eigenvalue weighted by atomic mass is 16.3. The molecular weight excluding hydrogens is 216 g/mol. The first-order chi connectivity index (χ1) is 8.29. The number of carbonyl (C=O) groups is 1. The summed E-state index contributed by atoms with van der Waals surface area (Å²) in [6.45, 7) is 2.50. The van der Waals surface area contributed by atoms with Gasteiger partial charge in [0.1, 0.15) is 0 Å². The molecule has 0 saturated carbocycles. The topological polar surface area (TPSA) is 52.6 Å². The highest BCUT2D eigenvalue weighted by molar-refractivity contribution is 5.78. The van der Waals surface area contributed by atoms with E-state index in [4.69, 9.17) is 5.11 Å². The maximum Gasteiger partial charge on any atom is 0.234 e. The maximum absolute atomic E-state index is 11.5. The highest BCUT2D eigenvalue weighted by Crippen LogP contribution is 2.17. The average molecular weight is 234 g/mol. The van der Waals surface area contributed by atoms with E-state index in [1.54, 1.807) is 0 Å². The van der Waals surface area contributed by atoms with Crippen LogP contribution >= 0.6 is 0 Å². The molecule has 1 heterocycles. The molecule has 0 radical (unpaired) electrons. The Balaban J connectivity index is 1.88. The van der Waals surface area contributed by atoms with Crippen LogP contribution < -0.4 is 5.32 Å². The molecular formula is C13H18N2O2. The summed E-state index contributed by atoms with van der Waals surface area (Å²) in [5.41, 5.74) is 2.70. The van der Waals surface area contributed by atoms with Gasteiger partial charge in [0, 0.05) is 19.6 Å². The lowest BCUT2D eigenvalue weighted by molar-refractivity contribution is -0.122. The van der Waals surface area contributed by atoms with E-state index >= 15 is 0 Å². The fourth-order valence-corrected chi connectivity index (χ4v) is 2.14. The number of fused-ring (bicyclic) bond motifs is 1. The second-order valence-electron chi connectivity index (χ2n) is 4.30. The van der Waals surface area contributed by atoms with Gasteiger partial charge in [-0.2, -0.15) is 0 Å². The third-order valence-electron chi connectivity index (χ3n) is 3.01. The Morgan fingerprint density at radius 2 is 2.12 bits per heavy atom. The standard InChI is InChI=1S/C13H18N2O2/c16-8-6-14-13(17)10-15-7-5-11-3-1-2-4-12(11)9-15/h1-4,16H,5-10H2,(H,14,17). The largest absolute Gasteiger partial charge is 0.395 e. The highest BCUT2D eigenvalue weighted by Gasteiger charge is 2.17. The number of aliphatic hydroxyl groups excluding tert-OH is 1. The summed E-state index contributed by atoms with van der Waals surface area (Å²) < 4.78 is 0. The molecule has 2 N–H and O–H groups in total. The van der Waals surface area contributed by atoms with Crippen LogP contribution in [0, 0.1) is 0 Å². The van der Waals surface area contributed by atoms with Crippen molar-refractivity contribution in [1.82, 2.24) is 10.2 Å². The molecule has 0 fully saturated rings. The Labute approximate surface area is 101 Å². The zero-order valence-electron chi connectivity index (χ0n) is 9.85. The van der Waals surface area contributed by atoms with Crippen LogP contribution in [0.25, 0.3) is 0 Å². The minimum Gasteiger partial charge on any atom is -0.395 e. The van der Waals surface area contributed by atoms with E-state index < -0.39 is 0 Å². The van der Waals surface area contributed by atoms with Crippen LogP contribution in [0.5, 0.6) is 0 Å². The maximum atomic E-state index is 11.5. The molecule has 0 saturated heterocycles. The Bertz CT molecular complexity index is 393. The predicted molar refractivity (Wildman–Crippen MR) is 65.5 cm³/mol. The molecule has 1 aliphatic rings. The first-order valence-electron chi connectivity index (χ1n) is 5.96. The molecule has 1 aliphatic heterocycles. The molecule has 2 rings (SSSR count). The third-order valence-corrected chi connectivity index (χ3v) is 3.01. The Morgan fingerprint density at radius 3 is 2.88 bits per heavy atom. The molecule has 1 amide bonds. The second kappa shape index (κ2) is 5.80. The summed E-state index contributed by atoms with van der Waals surface area (Å²) >= 11 is 0. The smallest absolute Gasteiger partial charge is 0.234 e. The summed E-state index contributed by atoms with van der Waals surface area (Å²) in [6.07, 6.45) is 1.00. The number of nitrogens with zero attached hydrogens (tertiary/aromatic N) is 1. The molecule has 0 spiro atoms. The van der Waals surface area contributed by atoms with Crippen LogP contribution in [-0.2, 0) is 17.8 Å². The van der Waals surface area contributed by atoms with Gasteiger partial charge < -0.3 is 10.4 Å². The molecule has 0 bridgehead atoms. The molecule has 17 heavy (non-hydrogen) atoms. The van der Waals surface area contributed by atoms with Crippen molar-refractivity contribution in [3.05, 3.63) is 35.4 Å². The van der Waals surface area contributed by atoms with Gasteiger partial charge >= 0.3 is 0 Å². The lowest BCUT2D eigenvalue weighted by atomic mass is 10.00. The number of aliphatic hydroxyl groups is 1. The molecule has 0 aromatic heterocycles. The van der Waals surface area contributed by atoms with E-state index in [1.807, 2.05) is 6.07 Å². The number of hydrogen-bond acceptors (Lipinski definition) is 3. The lowest BCUT2D eigenvalue weighted by Gasteiger charge is -2.28. The lowest BCUT2D eigenvalue weighted by Crippen LogP contribution is -2.40. The van der Waals surface area contributed by atoms with Crippen LogP contribution in [-0.4, -0.2) is 42.2 Å². The van der Waals surface area contributed by atoms with Gasteiger partial charge in [0.2, 0.25) is 5.91 Å². The van der Waals surface area contributed by atoms with Crippen molar-refractivity contribution in [2.75, 3.05) is 26.2 Å². The van der Waals surface area contributed by atoms with Gasteiger partial charge in [0.05, 0.1) is 13.2 Å². The predicted octanol–water partition coefficient (Wildman–Crippen LogP) is 0.153. The molecule has 1 aromatic rings. The van der Waals surface area contributed by atoms with Gasteiger partial charge in [-0.05, 0) is 17.5 Å². The van der Waals surface area contributed by atoms with E-state index in [1.165, 1.54) is 11.1 Å². The van der Waals surface area contributed by atoms with Crippen molar-refractivity contribution < 1.29 is 9.90 Å². The molecule has 4 heteroatoms. The number of amides is 1. The number of rotatable bonds is 4. The van der Waals surface area contributed by atoms with Crippen molar-refractivity contribution in [3.8, 4) is 0 Å². The van der Waals surface area contributed by atoms with Crippen molar-refractivity contribution in [2.45, 2.75) is 13.0 Å². The summed E-state index contributed by atoms with van der Waals surface area (Å²) in [4.78, 5) is 13.7. The summed E-state index contributed by atoms with van der Waals surface area (Å²) in [7, 11) is 0. The van der Waals surface area contributed by atoms with Crippen molar-refractivity contribution in [2.24, 2.45) is 0 Å². The SMILES string of the molecule is O=C(CN1CCc2ccccc2C1)NCCO. The summed E-state index contributed by atoms with van der Waals surface area (Å²) in [6, 6.07) is 8.36. The van der Waals surface area contributed by atoms with Gasteiger partial charge in [-0.25, -0.2) is 0 Å². The zero-order chi connectivity index (χ0) is 12.1. The average Bonchev–Trinajstić information content (AvgIpc) is 2.36. The zero-order valence-corrected chi connectivity index (χ0v) is 9.85. The Kier molecular flexibility index (Phi) is 4.12. The number of benzene rings is 1. The van der Waals surface area contributed by atoms with Crippen molar-refractivity contribution in [1.29, 1.82) is 0 Å². The normalized spacial score (nSPS) is 15.4. The van der Waals surface area contributed by atoms with E-state index in [-0.39, 0.29) is 12.5 Å². The number of carbonyl (C=O) groups excluding carboxylic acids is 1. The summed E-state index contributed by atoms with van der Waals surface area (Å²) in [5.74, 6) is -0.0153. The molecule has 92 valence electrons. The fraction of sp³-hybridized carbons (Fsp3) is 0.462. The number of hydrogen-bond donors (Lipinski definition) is 2. The van der Waals surface area contributed by atoms with Crippen LogP contribution in [0.4, 0.5) is 0 Å². The van der Waals surface area contributed by atoms with Crippen molar-refractivity contribution in [3.63, 3.8) is 0 Å². The van der Waals surface area contributed by atoms with E-state index in [2.05, 4.69) is 28.4 Å². The van der Waals surface area contributed by atoms with Gasteiger partial charge in [-0.3, -0.25) is 9.69 Å². The second-order valence-corrected chi connectivity index (χ2v) is 4.30. The summed E-state index contributed by atoms with van der Waals surface area (Å²) in [5, 5.41) is 11.3. The van der Waals surface area contributed by atoms with Gasteiger partial charge in [-0.15, -0.1) is 0 Å². The van der Waals surface area contributed by atoms with Crippen LogP contribution in [0.1, 0.15) is 11.1 Å². The third kappa shape index (κ3) is 3.28. The first-order valence-corrected chi connectivity index (χ1v) is 5.96. The van der Waals surface area contributed by atoms with Gasteiger partial charge in [0.25, 0.3) is 0 Å². The number of nitrogens with one attached hydrogen (secondary N) is 1. The van der Waals surface area contributed by atoms with Gasteiger partial charge in [-0.1, -0.05) is 24.3 Å². The minimum atomic E-state index is -0.0153. The fourth-order valence-electron chi connectivity index (χ4n) is 2.14. The van der Waals surface area contributed by atoms with E-state index in [9.17, 15) is 4.79 Å².